The first-order valence-electron chi connectivity index (χ1n) is 6.78. The molecule has 1 aliphatic rings. The Balaban J connectivity index is 0.00000180. The minimum atomic E-state index is -0.187. The van der Waals surface area contributed by atoms with Crippen molar-refractivity contribution in [1.29, 1.82) is 0 Å². The van der Waals surface area contributed by atoms with Crippen LogP contribution in [0.25, 0.3) is 0 Å². The first-order valence-corrected chi connectivity index (χ1v) is 6.78. The lowest BCUT2D eigenvalue weighted by Crippen LogP contribution is -2.43. The van der Waals surface area contributed by atoms with Crippen LogP contribution in [-0.4, -0.2) is 23.4 Å². The molecule has 0 spiro atoms. The van der Waals surface area contributed by atoms with Crippen molar-refractivity contribution in [2.45, 2.75) is 44.7 Å². The second-order valence-electron chi connectivity index (χ2n) is 5.15. The van der Waals surface area contributed by atoms with Crippen LogP contribution in [0, 0.1) is 0 Å². The molecule has 0 aromatic heterocycles. The van der Waals surface area contributed by atoms with Crippen molar-refractivity contribution < 1.29 is 4.79 Å². The van der Waals surface area contributed by atoms with Crippen LogP contribution in [0.1, 0.15) is 44.2 Å². The summed E-state index contributed by atoms with van der Waals surface area (Å²) in [6, 6.07) is 10.0. The fraction of sp³-hybridized carbons (Fsp3) is 0.533. The fourth-order valence-electron chi connectivity index (χ4n) is 2.59. The largest absolute Gasteiger partial charge is 0.340 e. The maximum atomic E-state index is 12.2. The first-order chi connectivity index (χ1) is 8.68. The predicted octanol–water partition coefficient (Wildman–Crippen LogP) is 2.90. The van der Waals surface area contributed by atoms with Crippen molar-refractivity contribution in [2.24, 2.45) is 5.73 Å². The summed E-state index contributed by atoms with van der Waals surface area (Å²) < 4.78 is 0. The molecule has 19 heavy (non-hydrogen) atoms. The number of amides is 1. The van der Waals surface area contributed by atoms with E-state index in [1.54, 1.807) is 0 Å². The van der Waals surface area contributed by atoms with Gasteiger partial charge in [-0.05, 0) is 31.7 Å². The van der Waals surface area contributed by atoms with Crippen molar-refractivity contribution in [3.63, 3.8) is 0 Å². The number of likely N-dealkylation sites (tertiary alicyclic amines) is 1. The third-order valence-electron chi connectivity index (χ3n) is 3.75. The minimum absolute atomic E-state index is 0. The summed E-state index contributed by atoms with van der Waals surface area (Å²) in [6.07, 6.45) is 3.88. The SMILES string of the molecule is CC1CCCCN1C(=O)CC(N)c1ccccc1.Cl. The molecule has 3 nitrogen and oxygen atoms in total. The molecular weight excluding hydrogens is 260 g/mol. The van der Waals surface area contributed by atoms with Crippen molar-refractivity contribution in [1.82, 2.24) is 4.90 Å². The summed E-state index contributed by atoms with van der Waals surface area (Å²) in [4.78, 5) is 14.2. The van der Waals surface area contributed by atoms with E-state index in [-0.39, 0.29) is 24.4 Å². The van der Waals surface area contributed by atoms with Gasteiger partial charge in [0.2, 0.25) is 5.91 Å². The molecule has 1 heterocycles. The lowest BCUT2D eigenvalue weighted by Gasteiger charge is -2.34. The van der Waals surface area contributed by atoms with E-state index in [9.17, 15) is 4.79 Å². The van der Waals surface area contributed by atoms with Gasteiger partial charge in [-0.1, -0.05) is 30.3 Å². The van der Waals surface area contributed by atoms with Gasteiger partial charge < -0.3 is 10.6 Å². The van der Waals surface area contributed by atoms with E-state index in [4.69, 9.17) is 5.73 Å². The van der Waals surface area contributed by atoms with Crippen LogP contribution in [0.2, 0.25) is 0 Å². The Morgan fingerprint density at radius 1 is 1.37 bits per heavy atom. The number of piperidine rings is 1. The molecule has 4 heteroatoms. The molecule has 0 aliphatic carbocycles. The second-order valence-corrected chi connectivity index (χ2v) is 5.15. The lowest BCUT2D eigenvalue weighted by atomic mass is 10.0. The molecule has 1 aliphatic heterocycles. The Labute approximate surface area is 121 Å². The summed E-state index contributed by atoms with van der Waals surface area (Å²) in [6.45, 7) is 3.02. The number of nitrogens with two attached hydrogens (primary N) is 1. The van der Waals surface area contributed by atoms with Crippen molar-refractivity contribution in [3.8, 4) is 0 Å². The van der Waals surface area contributed by atoms with Gasteiger partial charge >= 0.3 is 0 Å². The van der Waals surface area contributed by atoms with Gasteiger partial charge in [-0.25, -0.2) is 0 Å². The van der Waals surface area contributed by atoms with E-state index >= 15 is 0 Å². The fourth-order valence-corrected chi connectivity index (χ4v) is 2.59. The van der Waals surface area contributed by atoms with E-state index in [2.05, 4.69) is 6.92 Å². The number of halogens is 1. The van der Waals surface area contributed by atoms with Gasteiger partial charge in [0.05, 0.1) is 0 Å². The molecular formula is C15H23ClN2O. The topological polar surface area (TPSA) is 46.3 Å². The van der Waals surface area contributed by atoms with Crippen LogP contribution < -0.4 is 5.73 Å². The minimum Gasteiger partial charge on any atom is -0.340 e. The highest BCUT2D eigenvalue weighted by molar-refractivity contribution is 5.85. The van der Waals surface area contributed by atoms with Gasteiger partial charge in [0.25, 0.3) is 0 Å². The quantitative estimate of drug-likeness (QED) is 0.927. The van der Waals surface area contributed by atoms with Crippen LogP contribution in [0.4, 0.5) is 0 Å². The number of rotatable bonds is 3. The molecule has 2 atom stereocenters. The molecule has 1 aromatic rings. The van der Waals surface area contributed by atoms with Gasteiger partial charge in [-0.3, -0.25) is 4.79 Å². The Hall–Kier alpha value is -1.06. The maximum Gasteiger partial charge on any atom is 0.224 e. The van der Waals surface area contributed by atoms with Gasteiger partial charge in [0.15, 0.2) is 0 Å². The molecule has 2 unspecified atom stereocenters. The van der Waals surface area contributed by atoms with Gasteiger partial charge in [-0.2, -0.15) is 0 Å². The number of benzene rings is 1. The number of carbonyl (C=O) groups excluding carboxylic acids is 1. The molecule has 1 saturated heterocycles. The number of carbonyl (C=O) groups is 1. The zero-order valence-electron chi connectivity index (χ0n) is 11.4. The standard InChI is InChI=1S/C15H22N2O.ClH/c1-12-7-5-6-10-17(12)15(18)11-14(16)13-8-3-2-4-9-13;/h2-4,8-9,12,14H,5-7,10-11,16H2,1H3;1H. The highest BCUT2D eigenvalue weighted by atomic mass is 35.5. The van der Waals surface area contributed by atoms with Crippen LogP contribution in [0.3, 0.4) is 0 Å². The average molecular weight is 283 g/mol. The smallest absolute Gasteiger partial charge is 0.224 e. The van der Waals surface area contributed by atoms with Crippen LogP contribution in [0.5, 0.6) is 0 Å². The van der Waals surface area contributed by atoms with Crippen LogP contribution in [-0.2, 0) is 4.79 Å². The summed E-state index contributed by atoms with van der Waals surface area (Å²) in [5.74, 6) is 0.193. The Kier molecular flexibility index (Phi) is 6.32. The van der Waals surface area contributed by atoms with Crippen molar-refractivity contribution >= 4 is 18.3 Å². The Morgan fingerprint density at radius 2 is 2.05 bits per heavy atom. The zero-order valence-corrected chi connectivity index (χ0v) is 12.2. The summed E-state index contributed by atoms with van der Waals surface area (Å²) >= 11 is 0. The normalized spacial score (nSPS) is 20.5. The van der Waals surface area contributed by atoms with Crippen LogP contribution >= 0.6 is 12.4 Å². The van der Waals surface area contributed by atoms with E-state index in [0.717, 1.165) is 24.9 Å². The van der Waals surface area contributed by atoms with Gasteiger partial charge in [0.1, 0.15) is 0 Å². The van der Waals surface area contributed by atoms with Crippen molar-refractivity contribution in [2.75, 3.05) is 6.54 Å². The molecule has 0 radical (unpaired) electrons. The molecule has 0 bridgehead atoms. The van der Waals surface area contributed by atoms with E-state index in [1.165, 1.54) is 6.42 Å². The molecule has 1 amide bonds. The first kappa shape index (κ1) is 16.0. The number of hydrogen-bond acceptors (Lipinski definition) is 2. The molecule has 1 fully saturated rings. The zero-order chi connectivity index (χ0) is 13.0. The predicted molar refractivity (Wildman–Crippen MR) is 80.3 cm³/mol. The molecule has 2 rings (SSSR count). The summed E-state index contributed by atoms with van der Waals surface area (Å²) in [5, 5.41) is 0. The highest BCUT2D eigenvalue weighted by Gasteiger charge is 2.24. The summed E-state index contributed by atoms with van der Waals surface area (Å²) in [5.41, 5.74) is 7.14. The Morgan fingerprint density at radius 3 is 2.68 bits per heavy atom. The summed E-state index contributed by atoms with van der Waals surface area (Å²) in [7, 11) is 0. The Bertz CT molecular complexity index is 396. The number of nitrogens with zero attached hydrogens (tertiary/aromatic N) is 1. The van der Waals surface area contributed by atoms with Crippen LogP contribution in [0.15, 0.2) is 30.3 Å². The van der Waals surface area contributed by atoms with E-state index in [1.807, 2.05) is 35.2 Å². The lowest BCUT2D eigenvalue weighted by molar-refractivity contribution is -0.134. The number of hydrogen-bond donors (Lipinski definition) is 1. The van der Waals surface area contributed by atoms with Gasteiger partial charge in [0, 0.05) is 25.0 Å². The average Bonchev–Trinajstić information content (AvgIpc) is 2.40. The van der Waals surface area contributed by atoms with Crippen molar-refractivity contribution in [3.05, 3.63) is 35.9 Å². The third kappa shape index (κ3) is 4.22. The van der Waals surface area contributed by atoms with E-state index < -0.39 is 0 Å². The molecule has 106 valence electrons. The maximum absolute atomic E-state index is 12.2. The highest BCUT2D eigenvalue weighted by Crippen LogP contribution is 2.20. The van der Waals surface area contributed by atoms with Gasteiger partial charge in [-0.15, -0.1) is 12.4 Å². The molecule has 1 aromatic carbocycles. The molecule has 2 N–H and O–H groups in total. The molecule has 0 saturated carbocycles. The third-order valence-corrected chi connectivity index (χ3v) is 3.75. The van der Waals surface area contributed by atoms with E-state index in [0.29, 0.717) is 12.5 Å². The second kappa shape index (κ2) is 7.51. The monoisotopic (exact) mass is 282 g/mol.